The van der Waals surface area contributed by atoms with Crippen LogP contribution in [0.15, 0.2) is 23.1 Å². The second kappa shape index (κ2) is 5.66. The van der Waals surface area contributed by atoms with Gasteiger partial charge in [0, 0.05) is 44.0 Å². The molecular weight excluding hydrogens is 250 g/mol. The average Bonchev–Trinajstić information content (AvgIpc) is 2.38. The fourth-order valence-electron chi connectivity index (χ4n) is 2.06. The minimum absolute atomic E-state index is 0.00691. The standard InChI is InChI=1S/C12H15N3O4/c16-10-7-9(1-2-13-10)12(19)15-5-3-14(4-6-15)8-11(17)18/h1-2,7H,3-6,8H2,(H,13,16)(H,17,18). The summed E-state index contributed by atoms with van der Waals surface area (Å²) in [6.45, 7) is 1.99. The fraction of sp³-hybridized carbons (Fsp3) is 0.417. The molecule has 1 fully saturated rings. The second-order valence-corrected chi connectivity index (χ2v) is 4.40. The number of aliphatic carboxylic acids is 1. The molecule has 0 aromatic carbocycles. The van der Waals surface area contributed by atoms with E-state index in [1.807, 2.05) is 0 Å². The molecule has 1 aromatic heterocycles. The molecule has 1 amide bonds. The first-order valence-corrected chi connectivity index (χ1v) is 5.98. The van der Waals surface area contributed by atoms with Gasteiger partial charge in [0.2, 0.25) is 5.56 Å². The highest BCUT2D eigenvalue weighted by atomic mass is 16.4. The zero-order chi connectivity index (χ0) is 13.8. The van der Waals surface area contributed by atoms with Crippen LogP contribution in [0.25, 0.3) is 0 Å². The zero-order valence-electron chi connectivity index (χ0n) is 10.3. The number of aromatic amines is 1. The lowest BCUT2D eigenvalue weighted by molar-refractivity contribution is -0.138. The minimum atomic E-state index is -0.866. The topological polar surface area (TPSA) is 93.7 Å². The Bertz CT molecular complexity index is 532. The largest absolute Gasteiger partial charge is 0.480 e. The van der Waals surface area contributed by atoms with Crippen LogP contribution in [0.5, 0.6) is 0 Å². The monoisotopic (exact) mass is 265 g/mol. The van der Waals surface area contributed by atoms with E-state index in [4.69, 9.17) is 5.11 Å². The van der Waals surface area contributed by atoms with Crippen molar-refractivity contribution in [2.24, 2.45) is 0 Å². The lowest BCUT2D eigenvalue weighted by Gasteiger charge is -2.33. The number of piperazine rings is 1. The lowest BCUT2D eigenvalue weighted by Crippen LogP contribution is -2.50. The molecule has 102 valence electrons. The maximum Gasteiger partial charge on any atom is 0.317 e. The number of nitrogens with zero attached hydrogens (tertiary/aromatic N) is 2. The van der Waals surface area contributed by atoms with Crippen molar-refractivity contribution in [1.29, 1.82) is 0 Å². The number of nitrogens with one attached hydrogen (secondary N) is 1. The first kappa shape index (κ1) is 13.3. The molecule has 2 N–H and O–H groups in total. The summed E-state index contributed by atoms with van der Waals surface area (Å²) in [5.74, 6) is -1.06. The van der Waals surface area contributed by atoms with Crippen molar-refractivity contribution < 1.29 is 14.7 Å². The SMILES string of the molecule is O=C(O)CN1CCN(C(=O)c2cc[nH]c(=O)c2)CC1. The molecule has 0 bridgehead atoms. The third-order valence-electron chi connectivity index (χ3n) is 3.04. The smallest absolute Gasteiger partial charge is 0.317 e. The van der Waals surface area contributed by atoms with Crippen molar-refractivity contribution in [3.05, 3.63) is 34.2 Å². The molecule has 1 saturated heterocycles. The maximum absolute atomic E-state index is 12.1. The predicted molar refractivity (Wildman–Crippen MR) is 67.0 cm³/mol. The summed E-state index contributed by atoms with van der Waals surface area (Å²) in [5, 5.41) is 8.69. The van der Waals surface area contributed by atoms with E-state index in [1.165, 1.54) is 12.3 Å². The molecule has 19 heavy (non-hydrogen) atoms. The van der Waals surface area contributed by atoms with Crippen molar-refractivity contribution in [3.8, 4) is 0 Å². The molecule has 1 aromatic rings. The van der Waals surface area contributed by atoms with Crippen LogP contribution in [0.3, 0.4) is 0 Å². The van der Waals surface area contributed by atoms with Gasteiger partial charge in [-0.3, -0.25) is 19.3 Å². The Balaban J connectivity index is 1.96. The number of hydrogen-bond donors (Lipinski definition) is 2. The van der Waals surface area contributed by atoms with Gasteiger partial charge in [0.05, 0.1) is 6.54 Å². The fourth-order valence-corrected chi connectivity index (χ4v) is 2.06. The zero-order valence-corrected chi connectivity index (χ0v) is 10.3. The van der Waals surface area contributed by atoms with Crippen molar-refractivity contribution in [3.63, 3.8) is 0 Å². The molecule has 1 aliphatic heterocycles. The van der Waals surface area contributed by atoms with E-state index in [0.29, 0.717) is 31.7 Å². The van der Waals surface area contributed by atoms with Crippen LogP contribution in [0.4, 0.5) is 0 Å². The van der Waals surface area contributed by atoms with Gasteiger partial charge in [-0.05, 0) is 6.07 Å². The summed E-state index contributed by atoms with van der Waals surface area (Å²) in [4.78, 5) is 39.7. The van der Waals surface area contributed by atoms with Gasteiger partial charge in [-0.2, -0.15) is 0 Å². The van der Waals surface area contributed by atoms with Gasteiger partial charge in [-0.1, -0.05) is 0 Å². The molecular formula is C12H15N3O4. The first-order chi connectivity index (χ1) is 9.06. The number of carboxylic acid groups (broad SMARTS) is 1. The molecule has 0 spiro atoms. The Morgan fingerprint density at radius 2 is 1.95 bits per heavy atom. The highest BCUT2D eigenvalue weighted by Crippen LogP contribution is 2.06. The lowest BCUT2D eigenvalue weighted by atomic mass is 10.2. The third kappa shape index (κ3) is 3.41. The Morgan fingerprint density at radius 1 is 1.26 bits per heavy atom. The minimum Gasteiger partial charge on any atom is -0.480 e. The Kier molecular flexibility index (Phi) is 3.96. The van der Waals surface area contributed by atoms with E-state index in [9.17, 15) is 14.4 Å². The molecule has 0 atom stereocenters. The number of amides is 1. The quantitative estimate of drug-likeness (QED) is 0.747. The summed E-state index contributed by atoms with van der Waals surface area (Å²) in [6, 6.07) is 2.83. The van der Waals surface area contributed by atoms with E-state index in [0.717, 1.165) is 0 Å². The molecule has 0 unspecified atom stereocenters. The van der Waals surface area contributed by atoms with Crippen LogP contribution in [0, 0.1) is 0 Å². The van der Waals surface area contributed by atoms with Crippen LogP contribution in [-0.4, -0.2) is 64.5 Å². The van der Waals surface area contributed by atoms with Gasteiger partial charge in [-0.25, -0.2) is 0 Å². The number of carboxylic acids is 1. The van der Waals surface area contributed by atoms with Gasteiger partial charge < -0.3 is 15.0 Å². The summed E-state index contributed by atoms with van der Waals surface area (Å²) < 4.78 is 0. The Morgan fingerprint density at radius 3 is 2.53 bits per heavy atom. The molecule has 0 aliphatic carbocycles. The van der Waals surface area contributed by atoms with Gasteiger partial charge in [0.15, 0.2) is 0 Å². The third-order valence-corrected chi connectivity index (χ3v) is 3.04. The molecule has 2 heterocycles. The van der Waals surface area contributed by atoms with Gasteiger partial charge in [0.1, 0.15) is 0 Å². The molecule has 7 nitrogen and oxygen atoms in total. The van der Waals surface area contributed by atoms with Crippen molar-refractivity contribution in [2.75, 3.05) is 32.7 Å². The van der Waals surface area contributed by atoms with E-state index in [2.05, 4.69) is 4.98 Å². The molecule has 2 rings (SSSR count). The highest BCUT2D eigenvalue weighted by molar-refractivity contribution is 5.94. The van der Waals surface area contributed by atoms with Crippen molar-refractivity contribution in [1.82, 2.24) is 14.8 Å². The number of pyridine rings is 1. The normalized spacial score (nSPS) is 16.3. The number of carbonyl (C=O) groups excluding carboxylic acids is 1. The number of hydrogen-bond acceptors (Lipinski definition) is 4. The molecule has 1 aliphatic rings. The highest BCUT2D eigenvalue weighted by Gasteiger charge is 2.23. The van der Waals surface area contributed by atoms with Gasteiger partial charge >= 0.3 is 5.97 Å². The first-order valence-electron chi connectivity index (χ1n) is 5.98. The summed E-state index contributed by atoms with van der Waals surface area (Å²) in [5.41, 5.74) is 0.0470. The Labute approximate surface area is 109 Å². The van der Waals surface area contributed by atoms with Crippen molar-refractivity contribution >= 4 is 11.9 Å². The summed E-state index contributed by atoms with van der Waals surface area (Å²) >= 11 is 0. The second-order valence-electron chi connectivity index (χ2n) is 4.40. The van der Waals surface area contributed by atoms with Crippen molar-refractivity contribution in [2.45, 2.75) is 0 Å². The van der Waals surface area contributed by atoms with E-state index in [1.54, 1.807) is 15.9 Å². The van der Waals surface area contributed by atoms with E-state index >= 15 is 0 Å². The summed E-state index contributed by atoms with van der Waals surface area (Å²) in [6.07, 6.45) is 1.44. The van der Waals surface area contributed by atoms with Crippen LogP contribution < -0.4 is 5.56 Å². The number of rotatable bonds is 3. The average molecular weight is 265 g/mol. The predicted octanol–water partition coefficient (Wildman–Crippen LogP) is -0.783. The van der Waals surface area contributed by atoms with E-state index < -0.39 is 5.97 Å². The van der Waals surface area contributed by atoms with Crippen LogP contribution in [0.1, 0.15) is 10.4 Å². The van der Waals surface area contributed by atoms with Gasteiger partial charge in [-0.15, -0.1) is 0 Å². The summed E-state index contributed by atoms with van der Waals surface area (Å²) in [7, 11) is 0. The number of aromatic nitrogens is 1. The molecule has 0 radical (unpaired) electrons. The van der Waals surface area contributed by atoms with Crippen LogP contribution >= 0.6 is 0 Å². The Hall–Kier alpha value is -2.15. The molecule has 0 saturated carbocycles. The maximum atomic E-state index is 12.1. The van der Waals surface area contributed by atoms with Crippen LogP contribution in [0.2, 0.25) is 0 Å². The van der Waals surface area contributed by atoms with Crippen LogP contribution in [-0.2, 0) is 4.79 Å². The van der Waals surface area contributed by atoms with Gasteiger partial charge in [0.25, 0.3) is 5.91 Å². The molecule has 7 heteroatoms. The number of carbonyl (C=O) groups is 2. The van der Waals surface area contributed by atoms with E-state index in [-0.39, 0.29) is 18.0 Å². The number of H-pyrrole nitrogens is 1.